The molecule has 1 atom stereocenters. The Bertz CT molecular complexity index is 885. The Balaban J connectivity index is 1.42. The van der Waals surface area contributed by atoms with Crippen molar-refractivity contribution >= 4 is 22.9 Å². The summed E-state index contributed by atoms with van der Waals surface area (Å²) in [6.45, 7) is 2.87. The summed E-state index contributed by atoms with van der Waals surface area (Å²) in [5, 5.41) is 18.0. The van der Waals surface area contributed by atoms with Crippen LogP contribution in [0.25, 0.3) is 11.3 Å². The van der Waals surface area contributed by atoms with Gasteiger partial charge in [0.25, 0.3) is 0 Å². The van der Waals surface area contributed by atoms with Crippen molar-refractivity contribution in [2.75, 3.05) is 13.1 Å². The maximum absolute atomic E-state index is 10.6. The van der Waals surface area contributed by atoms with Gasteiger partial charge in [-0.2, -0.15) is 5.10 Å². The van der Waals surface area contributed by atoms with Crippen LogP contribution in [0.2, 0.25) is 5.02 Å². The predicted molar refractivity (Wildman–Crippen MR) is 111 cm³/mol. The fourth-order valence-electron chi connectivity index (χ4n) is 3.89. The molecule has 0 bridgehead atoms. The van der Waals surface area contributed by atoms with E-state index in [4.69, 9.17) is 11.6 Å². The van der Waals surface area contributed by atoms with Gasteiger partial charge in [-0.3, -0.25) is 9.58 Å². The minimum Gasteiger partial charge on any atom is -0.387 e. The van der Waals surface area contributed by atoms with E-state index in [1.165, 1.54) is 5.56 Å². The van der Waals surface area contributed by atoms with Gasteiger partial charge >= 0.3 is 0 Å². The Morgan fingerprint density at radius 1 is 1.26 bits per heavy atom. The Kier molecular flexibility index (Phi) is 5.64. The van der Waals surface area contributed by atoms with Gasteiger partial charge in [-0.15, -0.1) is 11.3 Å². The minimum atomic E-state index is -0.326. The predicted octanol–water partition coefficient (Wildman–Crippen LogP) is 4.75. The van der Waals surface area contributed by atoms with Gasteiger partial charge in [0.15, 0.2) is 0 Å². The van der Waals surface area contributed by atoms with Crippen LogP contribution in [0.5, 0.6) is 0 Å². The number of aliphatic hydroxyl groups excluding tert-OH is 1. The molecule has 6 heteroatoms. The first kappa shape index (κ1) is 18.7. The van der Waals surface area contributed by atoms with E-state index >= 15 is 0 Å². The third-order valence-corrected chi connectivity index (χ3v) is 6.49. The Labute approximate surface area is 169 Å². The minimum absolute atomic E-state index is 0.326. The van der Waals surface area contributed by atoms with Crippen LogP contribution in [0.1, 0.15) is 29.4 Å². The van der Waals surface area contributed by atoms with Gasteiger partial charge in [-0.25, -0.2) is 0 Å². The van der Waals surface area contributed by atoms with E-state index in [-0.39, 0.29) is 6.10 Å². The summed E-state index contributed by atoms with van der Waals surface area (Å²) in [7, 11) is 1.96. The molecule has 0 unspecified atom stereocenters. The molecule has 0 aliphatic carbocycles. The first-order chi connectivity index (χ1) is 13.1. The summed E-state index contributed by atoms with van der Waals surface area (Å²) in [4.78, 5) is 3.55. The standard InChI is InChI=1S/C21H24ClN3OS/c1-24-13-17(20(23-24)16-4-2-5-18(22)12-16)14-25-9-7-15(8-10-25)21(26)19-6-3-11-27-19/h2-6,11-13,15,21,26H,7-10,14H2,1H3/t21-/m0/s1. The molecule has 3 heterocycles. The van der Waals surface area contributed by atoms with Crippen molar-refractivity contribution in [2.45, 2.75) is 25.5 Å². The van der Waals surface area contributed by atoms with Crippen LogP contribution < -0.4 is 0 Å². The van der Waals surface area contributed by atoms with Crippen LogP contribution in [-0.2, 0) is 13.6 Å². The Morgan fingerprint density at radius 2 is 2.07 bits per heavy atom. The molecule has 0 spiro atoms. The third kappa shape index (κ3) is 4.27. The van der Waals surface area contributed by atoms with Gasteiger partial charge in [0, 0.05) is 40.8 Å². The zero-order chi connectivity index (χ0) is 18.8. The molecule has 27 heavy (non-hydrogen) atoms. The highest BCUT2D eigenvalue weighted by molar-refractivity contribution is 7.10. The summed E-state index contributed by atoms with van der Waals surface area (Å²) in [6, 6.07) is 11.9. The lowest BCUT2D eigenvalue weighted by atomic mass is 9.90. The number of aliphatic hydroxyl groups is 1. The van der Waals surface area contributed by atoms with Gasteiger partial charge in [0.1, 0.15) is 0 Å². The van der Waals surface area contributed by atoms with E-state index in [1.54, 1.807) is 11.3 Å². The molecule has 0 radical (unpaired) electrons. The Morgan fingerprint density at radius 3 is 2.78 bits per heavy atom. The molecule has 1 N–H and O–H groups in total. The highest BCUT2D eigenvalue weighted by atomic mass is 35.5. The number of benzene rings is 1. The number of halogens is 1. The summed E-state index contributed by atoms with van der Waals surface area (Å²) >= 11 is 7.81. The third-order valence-electron chi connectivity index (χ3n) is 5.31. The largest absolute Gasteiger partial charge is 0.387 e. The van der Waals surface area contributed by atoms with Crippen molar-refractivity contribution in [1.29, 1.82) is 0 Å². The fraction of sp³-hybridized carbons (Fsp3) is 0.381. The second-order valence-electron chi connectivity index (χ2n) is 7.26. The van der Waals surface area contributed by atoms with Crippen LogP contribution in [0.15, 0.2) is 48.0 Å². The van der Waals surface area contributed by atoms with Crippen molar-refractivity contribution in [3.8, 4) is 11.3 Å². The normalized spacial score (nSPS) is 17.3. The number of aryl methyl sites for hydroxylation is 1. The molecule has 1 fully saturated rings. The zero-order valence-corrected chi connectivity index (χ0v) is 17.0. The topological polar surface area (TPSA) is 41.3 Å². The maximum Gasteiger partial charge on any atom is 0.0968 e. The number of likely N-dealkylation sites (tertiary alicyclic amines) is 1. The maximum atomic E-state index is 10.6. The molecule has 3 aromatic rings. The molecule has 1 aromatic carbocycles. The molecule has 1 saturated heterocycles. The lowest BCUT2D eigenvalue weighted by Crippen LogP contribution is -2.35. The first-order valence-electron chi connectivity index (χ1n) is 9.32. The zero-order valence-electron chi connectivity index (χ0n) is 15.4. The number of piperidine rings is 1. The van der Waals surface area contributed by atoms with Crippen molar-refractivity contribution in [1.82, 2.24) is 14.7 Å². The van der Waals surface area contributed by atoms with E-state index in [0.717, 1.165) is 53.6 Å². The number of rotatable bonds is 5. The van der Waals surface area contributed by atoms with Crippen molar-refractivity contribution in [3.05, 3.63) is 63.4 Å². The molecule has 4 nitrogen and oxygen atoms in total. The molecule has 0 saturated carbocycles. The molecule has 1 aliphatic rings. The summed E-state index contributed by atoms with van der Waals surface area (Å²) in [5.74, 6) is 0.348. The number of hydrogen-bond acceptors (Lipinski definition) is 4. The summed E-state index contributed by atoms with van der Waals surface area (Å²) in [6.07, 6.45) is 3.81. The molecule has 0 amide bonds. The van der Waals surface area contributed by atoms with Gasteiger partial charge in [-0.05, 0) is 55.4 Å². The van der Waals surface area contributed by atoms with E-state index in [0.29, 0.717) is 5.92 Å². The van der Waals surface area contributed by atoms with Gasteiger partial charge < -0.3 is 5.11 Å². The Hall–Kier alpha value is -1.66. The molecule has 2 aromatic heterocycles. The van der Waals surface area contributed by atoms with Crippen LogP contribution in [0, 0.1) is 5.92 Å². The van der Waals surface area contributed by atoms with Gasteiger partial charge in [-0.1, -0.05) is 29.8 Å². The summed E-state index contributed by atoms with van der Waals surface area (Å²) < 4.78 is 1.87. The van der Waals surface area contributed by atoms with Crippen molar-refractivity contribution in [3.63, 3.8) is 0 Å². The molecule has 142 valence electrons. The number of thiophene rings is 1. The van der Waals surface area contributed by atoms with E-state index in [9.17, 15) is 5.11 Å². The van der Waals surface area contributed by atoms with Crippen molar-refractivity contribution in [2.24, 2.45) is 13.0 Å². The van der Waals surface area contributed by atoms with Crippen LogP contribution in [0.3, 0.4) is 0 Å². The number of hydrogen-bond donors (Lipinski definition) is 1. The van der Waals surface area contributed by atoms with Crippen molar-refractivity contribution < 1.29 is 5.11 Å². The monoisotopic (exact) mass is 401 g/mol. The molecule has 1 aliphatic heterocycles. The first-order valence-corrected chi connectivity index (χ1v) is 10.6. The van der Waals surface area contributed by atoms with Crippen LogP contribution in [-0.4, -0.2) is 32.9 Å². The highest BCUT2D eigenvalue weighted by Crippen LogP contribution is 2.34. The van der Waals surface area contributed by atoms with Crippen LogP contribution >= 0.6 is 22.9 Å². The van der Waals surface area contributed by atoms with Gasteiger partial charge in [0.2, 0.25) is 0 Å². The molecular weight excluding hydrogens is 378 g/mol. The average molecular weight is 402 g/mol. The van der Waals surface area contributed by atoms with Gasteiger partial charge in [0.05, 0.1) is 11.8 Å². The van der Waals surface area contributed by atoms with E-state index in [2.05, 4.69) is 22.3 Å². The fourth-order valence-corrected chi connectivity index (χ4v) is 4.89. The lowest BCUT2D eigenvalue weighted by Gasteiger charge is -2.33. The average Bonchev–Trinajstić information content (AvgIpc) is 3.32. The van der Waals surface area contributed by atoms with Crippen LogP contribution in [0.4, 0.5) is 0 Å². The quantitative estimate of drug-likeness (QED) is 0.670. The smallest absolute Gasteiger partial charge is 0.0968 e. The highest BCUT2D eigenvalue weighted by Gasteiger charge is 2.27. The number of aromatic nitrogens is 2. The van der Waals surface area contributed by atoms with E-state index in [1.807, 2.05) is 47.4 Å². The second kappa shape index (κ2) is 8.15. The molecular formula is C21H24ClN3OS. The summed E-state index contributed by atoms with van der Waals surface area (Å²) in [5.41, 5.74) is 3.28. The lowest BCUT2D eigenvalue weighted by molar-refractivity contribution is 0.0591. The molecule has 4 rings (SSSR count). The number of nitrogens with zero attached hydrogens (tertiary/aromatic N) is 3. The second-order valence-corrected chi connectivity index (χ2v) is 8.68. The SMILES string of the molecule is Cn1cc(CN2CCC([C@H](O)c3cccs3)CC2)c(-c2cccc(Cl)c2)n1. The van der Waals surface area contributed by atoms with E-state index < -0.39 is 0 Å².